The molecule has 0 aliphatic rings. The number of hydrogen-bond donors (Lipinski definition) is 1. The molecule has 1 rings (SSSR count). The molecule has 20 heavy (non-hydrogen) atoms. The van der Waals surface area contributed by atoms with Crippen LogP contribution in [0, 0.1) is 6.92 Å². The summed E-state index contributed by atoms with van der Waals surface area (Å²) in [6.07, 6.45) is -4.39. The predicted octanol–water partition coefficient (Wildman–Crippen LogP) is 3.41. The minimum Gasteiger partial charge on any atom is -0.490 e. The minimum atomic E-state index is -4.39. The first-order valence-corrected chi connectivity index (χ1v) is 6.31. The van der Waals surface area contributed by atoms with Gasteiger partial charge in [-0.25, -0.2) is 4.79 Å². The molecular weight excluding hydrogens is 345 g/mol. The summed E-state index contributed by atoms with van der Waals surface area (Å²) >= 11 is 3.16. The topological polar surface area (TPSA) is 55.8 Å². The van der Waals surface area contributed by atoms with Crippen molar-refractivity contribution in [1.29, 1.82) is 0 Å². The summed E-state index contributed by atoms with van der Waals surface area (Å²) in [5.41, 5.74) is 0.500. The second kappa shape index (κ2) is 6.94. The van der Waals surface area contributed by atoms with Gasteiger partial charge in [0.2, 0.25) is 0 Å². The Hall–Kier alpha value is -1.28. The van der Waals surface area contributed by atoms with Crippen LogP contribution in [0.15, 0.2) is 16.6 Å². The average molecular weight is 357 g/mol. The molecule has 0 radical (unpaired) electrons. The summed E-state index contributed by atoms with van der Waals surface area (Å²) < 4.78 is 45.7. The Morgan fingerprint density at radius 1 is 1.35 bits per heavy atom. The van der Waals surface area contributed by atoms with Crippen molar-refractivity contribution in [2.75, 3.05) is 19.8 Å². The third kappa shape index (κ3) is 5.38. The normalized spacial score (nSPS) is 11.4. The molecule has 1 aromatic carbocycles. The van der Waals surface area contributed by atoms with E-state index in [-0.39, 0.29) is 24.5 Å². The van der Waals surface area contributed by atoms with Crippen molar-refractivity contribution >= 4 is 21.9 Å². The Morgan fingerprint density at radius 3 is 2.55 bits per heavy atom. The van der Waals surface area contributed by atoms with Crippen LogP contribution in [-0.2, 0) is 4.74 Å². The minimum absolute atomic E-state index is 0.0623. The maximum atomic E-state index is 11.8. The van der Waals surface area contributed by atoms with Gasteiger partial charge >= 0.3 is 12.1 Å². The number of aromatic carboxylic acids is 1. The predicted molar refractivity (Wildman–Crippen MR) is 68.2 cm³/mol. The van der Waals surface area contributed by atoms with Crippen molar-refractivity contribution in [2.45, 2.75) is 13.1 Å². The highest BCUT2D eigenvalue weighted by molar-refractivity contribution is 9.10. The van der Waals surface area contributed by atoms with Crippen LogP contribution in [0.5, 0.6) is 5.75 Å². The van der Waals surface area contributed by atoms with E-state index in [4.69, 9.17) is 9.84 Å². The summed E-state index contributed by atoms with van der Waals surface area (Å²) in [6, 6.07) is 3.01. The number of alkyl halides is 3. The van der Waals surface area contributed by atoms with Gasteiger partial charge in [0.05, 0.1) is 6.61 Å². The molecule has 0 aromatic heterocycles. The summed E-state index contributed by atoms with van der Waals surface area (Å²) in [5, 5.41) is 9.04. The standard InChI is InChI=1S/C12H12BrF3O4/c1-7-4-8(13)5-9(11(17)18)10(7)20-3-2-19-6-12(14,15)16/h4-5H,2-3,6H2,1H3,(H,17,18). The monoisotopic (exact) mass is 356 g/mol. The second-order valence-corrected chi connectivity index (χ2v) is 4.84. The number of hydrogen-bond acceptors (Lipinski definition) is 3. The number of aryl methyl sites for hydroxylation is 1. The number of ether oxygens (including phenoxy) is 2. The molecule has 4 nitrogen and oxygen atoms in total. The Balaban J connectivity index is 2.62. The van der Waals surface area contributed by atoms with Crippen molar-refractivity contribution in [3.8, 4) is 5.75 Å². The zero-order valence-corrected chi connectivity index (χ0v) is 12.0. The van der Waals surface area contributed by atoms with E-state index in [2.05, 4.69) is 20.7 Å². The first-order valence-electron chi connectivity index (χ1n) is 5.51. The van der Waals surface area contributed by atoms with Crippen molar-refractivity contribution in [3.63, 3.8) is 0 Å². The zero-order valence-electron chi connectivity index (χ0n) is 10.5. The van der Waals surface area contributed by atoms with Gasteiger partial charge < -0.3 is 14.6 Å². The lowest BCUT2D eigenvalue weighted by atomic mass is 10.1. The third-order valence-electron chi connectivity index (χ3n) is 2.21. The molecule has 1 N–H and O–H groups in total. The lowest BCUT2D eigenvalue weighted by molar-refractivity contribution is -0.175. The van der Waals surface area contributed by atoms with Crippen molar-refractivity contribution in [3.05, 3.63) is 27.7 Å². The molecule has 112 valence electrons. The SMILES string of the molecule is Cc1cc(Br)cc(C(=O)O)c1OCCOCC(F)(F)F. The first-order chi connectivity index (χ1) is 9.20. The first kappa shape index (κ1) is 16.8. The van der Waals surface area contributed by atoms with Gasteiger partial charge in [-0.15, -0.1) is 0 Å². The van der Waals surface area contributed by atoms with E-state index in [0.29, 0.717) is 10.0 Å². The highest BCUT2D eigenvalue weighted by Crippen LogP contribution is 2.28. The van der Waals surface area contributed by atoms with Crippen molar-refractivity contribution in [1.82, 2.24) is 0 Å². The van der Waals surface area contributed by atoms with E-state index in [9.17, 15) is 18.0 Å². The number of carboxylic acids is 1. The van der Waals surface area contributed by atoms with E-state index < -0.39 is 18.8 Å². The lowest BCUT2D eigenvalue weighted by Crippen LogP contribution is -2.20. The second-order valence-electron chi connectivity index (χ2n) is 3.92. The van der Waals surface area contributed by atoms with Crippen LogP contribution in [0.2, 0.25) is 0 Å². The van der Waals surface area contributed by atoms with Crippen LogP contribution in [-0.4, -0.2) is 37.1 Å². The molecule has 0 aliphatic heterocycles. The van der Waals surface area contributed by atoms with Crippen LogP contribution in [0.1, 0.15) is 15.9 Å². The summed E-state index contributed by atoms with van der Waals surface area (Å²) in [6.45, 7) is -0.169. The van der Waals surface area contributed by atoms with Crippen LogP contribution < -0.4 is 4.74 Å². The molecular formula is C12H12BrF3O4. The number of carboxylic acid groups (broad SMARTS) is 1. The van der Waals surface area contributed by atoms with Crippen molar-refractivity contribution < 1.29 is 32.5 Å². The molecule has 0 saturated heterocycles. The Bertz CT molecular complexity index is 488. The van der Waals surface area contributed by atoms with E-state index in [1.165, 1.54) is 6.07 Å². The Kier molecular flexibility index (Phi) is 5.82. The quantitative estimate of drug-likeness (QED) is 0.793. The van der Waals surface area contributed by atoms with Gasteiger partial charge in [-0.2, -0.15) is 13.2 Å². The molecule has 0 amide bonds. The number of benzene rings is 1. The zero-order chi connectivity index (χ0) is 15.3. The van der Waals surface area contributed by atoms with Gasteiger partial charge in [0.15, 0.2) is 0 Å². The number of halogens is 4. The molecule has 8 heteroatoms. The van der Waals surface area contributed by atoms with Gasteiger partial charge in [0.25, 0.3) is 0 Å². The Morgan fingerprint density at radius 2 is 2.00 bits per heavy atom. The fourth-order valence-corrected chi connectivity index (χ4v) is 2.04. The molecule has 0 unspecified atom stereocenters. The summed E-state index contributed by atoms with van der Waals surface area (Å²) in [5.74, 6) is -1.06. The van der Waals surface area contributed by atoms with Gasteiger partial charge in [0.1, 0.15) is 24.5 Å². The highest BCUT2D eigenvalue weighted by atomic mass is 79.9. The summed E-state index contributed by atoms with van der Waals surface area (Å²) in [7, 11) is 0. The molecule has 0 aliphatic carbocycles. The third-order valence-corrected chi connectivity index (χ3v) is 2.67. The summed E-state index contributed by atoms with van der Waals surface area (Å²) in [4.78, 5) is 11.1. The number of rotatable bonds is 6. The molecule has 1 aromatic rings. The molecule has 0 heterocycles. The molecule has 0 spiro atoms. The van der Waals surface area contributed by atoms with Gasteiger partial charge in [-0.1, -0.05) is 15.9 Å². The highest BCUT2D eigenvalue weighted by Gasteiger charge is 2.27. The van der Waals surface area contributed by atoms with Crippen LogP contribution in [0.4, 0.5) is 13.2 Å². The van der Waals surface area contributed by atoms with Gasteiger partial charge in [-0.05, 0) is 24.6 Å². The molecule has 0 saturated carbocycles. The van der Waals surface area contributed by atoms with Gasteiger partial charge in [-0.3, -0.25) is 0 Å². The van der Waals surface area contributed by atoms with E-state index in [1.54, 1.807) is 13.0 Å². The number of carbonyl (C=O) groups is 1. The molecule has 0 atom stereocenters. The van der Waals surface area contributed by atoms with Crippen LogP contribution >= 0.6 is 15.9 Å². The lowest BCUT2D eigenvalue weighted by Gasteiger charge is -2.13. The van der Waals surface area contributed by atoms with E-state index >= 15 is 0 Å². The van der Waals surface area contributed by atoms with Crippen LogP contribution in [0.25, 0.3) is 0 Å². The molecule has 0 fully saturated rings. The molecule has 0 bridgehead atoms. The van der Waals surface area contributed by atoms with E-state index in [0.717, 1.165) is 0 Å². The van der Waals surface area contributed by atoms with Gasteiger partial charge in [0, 0.05) is 4.47 Å². The average Bonchev–Trinajstić information content (AvgIpc) is 2.28. The maximum Gasteiger partial charge on any atom is 0.411 e. The Labute approximate surface area is 121 Å². The fraction of sp³-hybridized carbons (Fsp3) is 0.417. The van der Waals surface area contributed by atoms with E-state index in [1.807, 2.05) is 0 Å². The maximum absolute atomic E-state index is 11.8. The van der Waals surface area contributed by atoms with Crippen molar-refractivity contribution in [2.24, 2.45) is 0 Å². The fourth-order valence-electron chi connectivity index (χ4n) is 1.47. The largest absolute Gasteiger partial charge is 0.490 e. The van der Waals surface area contributed by atoms with Crippen LogP contribution in [0.3, 0.4) is 0 Å². The smallest absolute Gasteiger partial charge is 0.411 e.